The van der Waals surface area contributed by atoms with E-state index >= 15 is 0 Å². The first-order valence-corrected chi connectivity index (χ1v) is 14.2. The zero-order chi connectivity index (χ0) is 23.5. The number of amides is 1. The number of rotatable bonds is 6. The number of ether oxygens (including phenoxy) is 2. The lowest BCUT2D eigenvalue weighted by Crippen LogP contribution is -2.57. The third kappa shape index (κ3) is 5.80. The Morgan fingerprint density at radius 1 is 1.00 bits per heavy atom. The Balaban J connectivity index is 1.19. The van der Waals surface area contributed by atoms with Crippen molar-refractivity contribution in [3.8, 4) is 0 Å². The number of aliphatic hydroxyl groups excluding tert-OH is 2. The predicted octanol–water partition coefficient (Wildman–Crippen LogP) is 2.48. The topological polar surface area (TPSA) is 91.3 Å². The molecule has 0 aromatic rings. The van der Waals surface area contributed by atoms with E-state index in [-0.39, 0.29) is 18.4 Å². The van der Waals surface area contributed by atoms with Crippen molar-refractivity contribution in [1.82, 2.24) is 10.2 Å². The fraction of sp³-hybridized carbons (Fsp3) is 0.963. The molecule has 0 radical (unpaired) electrons. The van der Waals surface area contributed by atoms with Crippen molar-refractivity contribution in [3.63, 3.8) is 0 Å². The summed E-state index contributed by atoms with van der Waals surface area (Å²) in [6.45, 7) is 3.90. The standard InChI is InChI=1S/C27H46N2O5/c30-21-13-24(31)26(25(14-21)34-16-18-5-2-1-3-6-18)27(32)29-11-9-22-19(15-29)7-4-8-23(22)28-20-10-12-33-17-20/h18-26,28,30-31H,1-17H2. The highest BCUT2D eigenvalue weighted by molar-refractivity contribution is 5.80. The largest absolute Gasteiger partial charge is 0.393 e. The number of nitrogens with one attached hydrogen (secondary N) is 1. The van der Waals surface area contributed by atoms with E-state index in [4.69, 9.17) is 9.47 Å². The van der Waals surface area contributed by atoms with E-state index in [1.165, 1.54) is 51.4 Å². The van der Waals surface area contributed by atoms with Gasteiger partial charge in [-0.05, 0) is 56.3 Å². The first-order chi connectivity index (χ1) is 16.6. The van der Waals surface area contributed by atoms with Crippen LogP contribution in [0.25, 0.3) is 0 Å². The Labute approximate surface area is 204 Å². The summed E-state index contributed by atoms with van der Waals surface area (Å²) in [6, 6.07) is 1.01. The average molecular weight is 479 g/mol. The fourth-order valence-corrected chi connectivity index (χ4v) is 7.58. The minimum Gasteiger partial charge on any atom is -0.393 e. The first kappa shape index (κ1) is 24.9. The molecule has 5 fully saturated rings. The Hall–Kier alpha value is -0.730. The Bertz CT molecular complexity index is 665. The third-order valence-corrected chi connectivity index (χ3v) is 9.48. The van der Waals surface area contributed by atoms with Crippen LogP contribution in [-0.2, 0) is 14.3 Å². The second-order valence-electron chi connectivity index (χ2n) is 11.9. The van der Waals surface area contributed by atoms with Gasteiger partial charge in [-0.1, -0.05) is 25.7 Å². The molecule has 3 saturated carbocycles. The van der Waals surface area contributed by atoms with Gasteiger partial charge in [0, 0.05) is 51.2 Å². The van der Waals surface area contributed by atoms with Gasteiger partial charge >= 0.3 is 0 Å². The van der Waals surface area contributed by atoms with Crippen LogP contribution in [0.1, 0.15) is 77.0 Å². The molecule has 194 valence electrons. The van der Waals surface area contributed by atoms with Gasteiger partial charge in [0.25, 0.3) is 0 Å². The van der Waals surface area contributed by atoms with Gasteiger partial charge in [0.15, 0.2) is 0 Å². The molecule has 7 heteroatoms. The Morgan fingerprint density at radius 2 is 1.85 bits per heavy atom. The number of carbonyl (C=O) groups is 1. The maximum atomic E-state index is 13.7. The summed E-state index contributed by atoms with van der Waals surface area (Å²) >= 11 is 0. The van der Waals surface area contributed by atoms with Crippen LogP contribution in [0.5, 0.6) is 0 Å². The van der Waals surface area contributed by atoms with Gasteiger partial charge in [-0.2, -0.15) is 0 Å². The van der Waals surface area contributed by atoms with E-state index in [0.717, 1.165) is 39.1 Å². The smallest absolute Gasteiger partial charge is 0.230 e. The first-order valence-electron chi connectivity index (χ1n) is 14.2. The van der Waals surface area contributed by atoms with Gasteiger partial charge in [-0.3, -0.25) is 4.79 Å². The minimum absolute atomic E-state index is 0.0470. The maximum Gasteiger partial charge on any atom is 0.230 e. The number of hydrogen-bond acceptors (Lipinski definition) is 6. The highest BCUT2D eigenvalue weighted by Gasteiger charge is 2.46. The van der Waals surface area contributed by atoms with Gasteiger partial charge in [-0.25, -0.2) is 0 Å². The average Bonchev–Trinajstić information content (AvgIpc) is 3.36. The molecule has 0 spiro atoms. The van der Waals surface area contributed by atoms with Crippen molar-refractivity contribution in [1.29, 1.82) is 0 Å². The highest BCUT2D eigenvalue weighted by atomic mass is 16.5. The molecule has 34 heavy (non-hydrogen) atoms. The lowest BCUT2D eigenvalue weighted by Gasteiger charge is -2.48. The molecule has 2 saturated heterocycles. The molecule has 7 nitrogen and oxygen atoms in total. The summed E-state index contributed by atoms with van der Waals surface area (Å²) in [5, 5.41) is 25.1. The molecule has 8 unspecified atom stereocenters. The molecular weight excluding hydrogens is 432 g/mol. The van der Waals surface area contributed by atoms with Crippen LogP contribution in [0, 0.1) is 23.7 Å². The molecule has 2 aliphatic heterocycles. The molecule has 2 heterocycles. The third-order valence-electron chi connectivity index (χ3n) is 9.48. The molecular formula is C27H46N2O5. The zero-order valence-electron chi connectivity index (χ0n) is 20.8. The van der Waals surface area contributed by atoms with Crippen molar-refractivity contribution < 1.29 is 24.5 Å². The van der Waals surface area contributed by atoms with E-state index < -0.39 is 18.1 Å². The lowest BCUT2D eigenvalue weighted by atomic mass is 9.71. The Morgan fingerprint density at radius 3 is 2.65 bits per heavy atom. The van der Waals surface area contributed by atoms with Crippen molar-refractivity contribution in [3.05, 3.63) is 0 Å². The summed E-state index contributed by atoms with van der Waals surface area (Å²) in [7, 11) is 0. The summed E-state index contributed by atoms with van der Waals surface area (Å²) in [6.07, 6.45) is 10.9. The molecule has 5 rings (SSSR count). The monoisotopic (exact) mass is 478 g/mol. The molecule has 5 aliphatic rings. The number of carbonyl (C=O) groups excluding carboxylic acids is 1. The molecule has 0 bridgehead atoms. The number of fused-ring (bicyclic) bond motifs is 1. The predicted molar refractivity (Wildman–Crippen MR) is 129 cm³/mol. The normalized spacial score (nSPS) is 41.9. The number of piperidine rings is 1. The van der Waals surface area contributed by atoms with E-state index in [1.54, 1.807) is 0 Å². The summed E-state index contributed by atoms with van der Waals surface area (Å²) in [4.78, 5) is 15.8. The number of aliphatic hydroxyl groups is 2. The van der Waals surface area contributed by atoms with Crippen molar-refractivity contribution in [2.75, 3.05) is 32.9 Å². The summed E-state index contributed by atoms with van der Waals surface area (Å²) in [5.74, 6) is 1.20. The van der Waals surface area contributed by atoms with Crippen LogP contribution in [0.15, 0.2) is 0 Å². The van der Waals surface area contributed by atoms with E-state index in [0.29, 0.717) is 42.9 Å². The van der Waals surface area contributed by atoms with Gasteiger partial charge in [-0.15, -0.1) is 0 Å². The molecule has 0 aromatic heterocycles. The maximum absolute atomic E-state index is 13.7. The number of hydrogen-bond donors (Lipinski definition) is 3. The number of likely N-dealkylation sites (tertiary alicyclic amines) is 1. The minimum atomic E-state index is -0.825. The second kappa shape index (κ2) is 11.5. The van der Waals surface area contributed by atoms with Crippen LogP contribution >= 0.6 is 0 Å². The molecule has 1 amide bonds. The van der Waals surface area contributed by atoms with Crippen molar-refractivity contribution in [2.24, 2.45) is 23.7 Å². The fourth-order valence-electron chi connectivity index (χ4n) is 7.58. The Kier molecular flexibility index (Phi) is 8.47. The van der Waals surface area contributed by atoms with E-state index in [1.807, 2.05) is 4.90 Å². The lowest BCUT2D eigenvalue weighted by molar-refractivity contribution is -0.162. The van der Waals surface area contributed by atoms with Gasteiger partial charge in [0.2, 0.25) is 5.91 Å². The highest BCUT2D eigenvalue weighted by Crippen LogP contribution is 2.39. The van der Waals surface area contributed by atoms with Gasteiger partial charge < -0.3 is 29.9 Å². The van der Waals surface area contributed by atoms with Crippen LogP contribution in [0.3, 0.4) is 0 Å². The van der Waals surface area contributed by atoms with Crippen molar-refractivity contribution >= 4 is 5.91 Å². The van der Waals surface area contributed by atoms with Crippen LogP contribution < -0.4 is 5.32 Å². The van der Waals surface area contributed by atoms with E-state index in [9.17, 15) is 15.0 Å². The summed E-state index contributed by atoms with van der Waals surface area (Å²) < 4.78 is 11.9. The van der Waals surface area contributed by atoms with Crippen LogP contribution in [0.2, 0.25) is 0 Å². The molecule has 3 aliphatic carbocycles. The number of nitrogens with zero attached hydrogens (tertiary/aromatic N) is 1. The van der Waals surface area contributed by atoms with Gasteiger partial charge in [0.1, 0.15) is 0 Å². The molecule has 8 atom stereocenters. The second-order valence-corrected chi connectivity index (χ2v) is 11.9. The summed E-state index contributed by atoms with van der Waals surface area (Å²) in [5.41, 5.74) is 0. The van der Waals surface area contributed by atoms with E-state index in [2.05, 4.69) is 5.32 Å². The molecule has 3 N–H and O–H groups in total. The van der Waals surface area contributed by atoms with Crippen LogP contribution in [0.4, 0.5) is 0 Å². The molecule has 0 aromatic carbocycles. The quantitative estimate of drug-likeness (QED) is 0.543. The zero-order valence-corrected chi connectivity index (χ0v) is 20.8. The SMILES string of the molecule is O=C(C1C(O)CC(O)CC1OCC1CCCCC1)N1CCC2C(CCCC2NC2CCOC2)C1. The van der Waals surface area contributed by atoms with Crippen molar-refractivity contribution in [2.45, 2.75) is 107 Å². The van der Waals surface area contributed by atoms with Crippen LogP contribution in [-0.4, -0.2) is 84.3 Å². The van der Waals surface area contributed by atoms with Gasteiger partial charge in [0.05, 0.1) is 30.8 Å².